The average Bonchev–Trinajstić information content (AvgIpc) is 2.70. The molecule has 2 rings (SSSR count). The summed E-state index contributed by atoms with van der Waals surface area (Å²) in [6, 6.07) is 13.1. The molecule has 0 radical (unpaired) electrons. The van der Waals surface area contributed by atoms with Gasteiger partial charge < -0.3 is 14.8 Å². The number of hydrogen-bond donors (Lipinski definition) is 2. The number of ether oxygens (including phenoxy) is 2. The van der Waals surface area contributed by atoms with E-state index in [0.717, 1.165) is 5.56 Å². The molecule has 0 aliphatic carbocycles. The molecule has 2 N–H and O–H groups in total. The summed E-state index contributed by atoms with van der Waals surface area (Å²) in [5.74, 6) is -1.29. The number of rotatable bonds is 9. The van der Waals surface area contributed by atoms with Crippen LogP contribution in [0.15, 0.2) is 53.6 Å². The number of benzene rings is 2. The van der Waals surface area contributed by atoms with Crippen molar-refractivity contribution in [3.05, 3.63) is 65.5 Å². The summed E-state index contributed by atoms with van der Waals surface area (Å²) in [6.45, 7) is 1.10. The first-order valence-corrected chi connectivity index (χ1v) is 8.66. The van der Waals surface area contributed by atoms with E-state index in [1.54, 1.807) is 43.5 Å². The van der Waals surface area contributed by atoms with Crippen LogP contribution in [0, 0.1) is 5.82 Å². The molecule has 0 spiro atoms. The Kier molecular flexibility index (Phi) is 8.61. The number of nitrogens with zero attached hydrogens (tertiary/aromatic N) is 1. The Balaban J connectivity index is 1.75. The Morgan fingerprint density at radius 3 is 2.64 bits per heavy atom. The third-order valence-corrected chi connectivity index (χ3v) is 3.57. The monoisotopic (exact) mass is 387 g/mol. The van der Waals surface area contributed by atoms with Crippen molar-refractivity contribution in [2.24, 2.45) is 5.10 Å². The molecule has 2 aromatic carbocycles. The quantitative estimate of drug-likeness (QED) is 0.298. The molecule has 0 bridgehead atoms. The molecule has 2 amide bonds. The molecular formula is C20H22FN3O4. The van der Waals surface area contributed by atoms with Gasteiger partial charge in [0.2, 0.25) is 0 Å². The second kappa shape index (κ2) is 11.5. The number of hydrazone groups is 1. The highest BCUT2D eigenvalue weighted by atomic mass is 19.1. The maximum Gasteiger partial charge on any atom is 0.329 e. The predicted octanol–water partition coefficient (Wildman–Crippen LogP) is 2.01. The standard InChI is InChI=1S/C20H22FN3O4/c1-27-11-3-10-22-19(25)20(26)24-23-13-15-6-8-18(9-7-15)28-14-16-4-2-5-17(21)12-16/h2,4-9,12-13H,3,10-11,14H2,1H3,(H,22,25)(H,24,26)/b23-13-. The maximum atomic E-state index is 13.1. The third kappa shape index (κ3) is 7.55. The zero-order valence-corrected chi connectivity index (χ0v) is 15.5. The predicted molar refractivity (Wildman–Crippen MR) is 102 cm³/mol. The number of amides is 2. The lowest BCUT2D eigenvalue weighted by Gasteiger charge is -2.06. The average molecular weight is 387 g/mol. The van der Waals surface area contributed by atoms with E-state index >= 15 is 0 Å². The van der Waals surface area contributed by atoms with Crippen molar-refractivity contribution < 1.29 is 23.5 Å². The fraction of sp³-hybridized carbons (Fsp3) is 0.250. The van der Waals surface area contributed by atoms with Crippen molar-refractivity contribution in [3.8, 4) is 5.75 Å². The Bertz CT molecular complexity index is 809. The van der Waals surface area contributed by atoms with Crippen molar-refractivity contribution in [2.45, 2.75) is 13.0 Å². The SMILES string of the molecule is COCCCNC(=O)C(=O)N/N=C\c1ccc(OCc2cccc(F)c2)cc1. The van der Waals surface area contributed by atoms with Crippen LogP contribution in [0.5, 0.6) is 5.75 Å². The number of methoxy groups -OCH3 is 1. The molecular weight excluding hydrogens is 365 g/mol. The van der Waals surface area contributed by atoms with E-state index in [1.165, 1.54) is 18.3 Å². The minimum absolute atomic E-state index is 0.251. The van der Waals surface area contributed by atoms with Gasteiger partial charge in [-0.1, -0.05) is 12.1 Å². The van der Waals surface area contributed by atoms with Gasteiger partial charge in [-0.05, 0) is 53.9 Å². The van der Waals surface area contributed by atoms with E-state index in [1.807, 2.05) is 0 Å². The largest absolute Gasteiger partial charge is 0.489 e. The number of carbonyl (C=O) groups is 2. The van der Waals surface area contributed by atoms with E-state index in [4.69, 9.17) is 9.47 Å². The number of carbonyl (C=O) groups excluding carboxylic acids is 2. The van der Waals surface area contributed by atoms with E-state index in [0.29, 0.717) is 30.9 Å². The zero-order valence-electron chi connectivity index (χ0n) is 15.5. The van der Waals surface area contributed by atoms with Gasteiger partial charge in [-0.2, -0.15) is 5.10 Å². The second-order valence-electron chi connectivity index (χ2n) is 5.79. The van der Waals surface area contributed by atoms with Crippen LogP contribution in [-0.2, 0) is 20.9 Å². The van der Waals surface area contributed by atoms with Gasteiger partial charge in [0.1, 0.15) is 18.2 Å². The molecule has 2 aromatic rings. The van der Waals surface area contributed by atoms with Crippen molar-refractivity contribution in [3.63, 3.8) is 0 Å². The summed E-state index contributed by atoms with van der Waals surface area (Å²) in [4.78, 5) is 23.1. The van der Waals surface area contributed by atoms with Gasteiger partial charge in [0.05, 0.1) is 6.21 Å². The molecule has 0 unspecified atom stereocenters. The van der Waals surface area contributed by atoms with Gasteiger partial charge in [0, 0.05) is 20.3 Å². The van der Waals surface area contributed by atoms with E-state index in [9.17, 15) is 14.0 Å². The van der Waals surface area contributed by atoms with E-state index in [2.05, 4.69) is 15.8 Å². The highest BCUT2D eigenvalue weighted by Gasteiger charge is 2.11. The molecule has 8 heteroatoms. The van der Waals surface area contributed by atoms with Crippen LogP contribution in [0.2, 0.25) is 0 Å². The van der Waals surface area contributed by atoms with Gasteiger partial charge in [0.15, 0.2) is 0 Å². The van der Waals surface area contributed by atoms with Gasteiger partial charge in [-0.15, -0.1) is 0 Å². The minimum Gasteiger partial charge on any atom is -0.489 e. The maximum absolute atomic E-state index is 13.1. The molecule has 0 aromatic heterocycles. The van der Waals surface area contributed by atoms with Crippen LogP contribution in [0.1, 0.15) is 17.5 Å². The molecule has 148 valence electrons. The summed E-state index contributed by atoms with van der Waals surface area (Å²) in [7, 11) is 1.56. The molecule has 0 fully saturated rings. The Morgan fingerprint density at radius 2 is 1.93 bits per heavy atom. The molecule has 28 heavy (non-hydrogen) atoms. The molecule has 0 aliphatic heterocycles. The zero-order chi connectivity index (χ0) is 20.2. The number of nitrogens with one attached hydrogen (secondary N) is 2. The van der Waals surface area contributed by atoms with Crippen LogP contribution in [0.25, 0.3) is 0 Å². The highest BCUT2D eigenvalue weighted by Crippen LogP contribution is 2.14. The van der Waals surface area contributed by atoms with Crippen molar-refractivity contribution in [1.82, 2.24) is 10.7 Å². The second-order valence-corrected chi connectivity index (χ2v) is 5.79. The normalized spacial score (nSPS) is 10.6. The van der Waals surface area contributed by atoms with Crippen LogP contribution >= 0.6 is 0 Å². The van der Waals surface area contributed by atoms with Crippen LogP contribution in [-0.4, -0.2) is 38.3 Å². The highest BCUT2D eigenvalue weighted by molar-refractivity contribution is 6.35. The molecule has 0 atom stereocenters. The fourth-order valence-corrected chi connectivity index (χ4v) is 2.16. The van der Waals surface area contributed by atoms with Crippen LogP contribution in [0.4, 0.5) is 4.39 Å². The van der Waals surface area contributed by atoms with Crippen LogP contribution < -0.4 is 15.5 Å². The lowest BCUT2D eigenvalue weighted by atomic mass is 10.2. The topological polar surface area (TPSA) is 89.0 Å². The van der Waals surface area contributed by atoms with E-state index in [-0.39, 0.29) is 12.4 Å². The Hall–Kier alpha value is -3.26. The van der Waals surface area contributed by atoms with Gasteiger partial charge in [-0.25, -0.2) is 9.82 Å². The van der Waals surface area contributed by atoms with Gasteiger partial charge in [-0.3, -0.25) is 9.59 Å². The number of halogens is 1. The summed E-state index contributed by atoms with van der Waals surface area (Å²) in [6.07, 6.45) is 2.03. The molecule has 0 saturated heterocycles. The Morgan fingerprint density at radius 1 is 1.14 bits per heavy atom. The molecule has 7 nitrogen and oxygen atoms in total. The van der Waals surface area contributed by atoms with Crippen molar-refractivity contribution >= 4 is 18.0 Å². The minimum atomic E-state index is -0.844. The van der Waals surface area contributed by atoms with E-state index < -0.39 is 11.8 Å². The van der Waals surface area contributed by atoms with Gasteiger partial charge >= 0.3 is 11.8 Å². The van der Waals surface area contributed by atoms with Crippen molar-refractivity contribution in [2.75, 3.05) is 20.3 Å². The van der Waals surface area contributed by atoms with Crippen molar-refractivity contribution in [1.29, 1.82) is 0 Å². The molecule has 0 heterocycles. The first-order valence-electron chi connectivity index (χ1n) is 8.66. The molecule has 0 saturated carbocycles. The lowest BCUT2D eigenvalue weighted by molar-refractivity contribution is -0.139. The smallest absolute Gasteiger partial charge is 0.329 e. The summed E-state index contributed by atoms with van der Waals surface area (Å²) in [5.41, 5.74) is 3.60. The number of hydrogen-bond acceptors (Lipinski definition) is 5. The van der Waals surface area contributed by atoms with Crippen LogP contribution in [0.3, 0.4) is 0 Å². The summed E-state index contributed by atoms with van der Waals surface area (Å²) in [5, 5.41) is 6.21. The third-order valence-electron chi connectivity index (χ3n) is 3.57. The molecule has 0 aliphatic rings. The first-order chi connectivity index (χ1) is 13.6. The van der Waals surface area contributed by atoms with Gasteiger partial charge in [0.25, 0.3) is 0 Å². The summed E-state index contributed by atoms with van der Waals surface area (Å²) < 4.78 is 23.6. The lowest BCUT2D eigenvalue weighted by Crippen LogP contribution is -2.38. The fourth-order valence-electron chi connectivity index (χ4n) is 2.16. The summed E-state index contributed by atoms with van der Waals surface area (Å²) >= 11 is 0. The Labute approximate surface area is 162 Å². The first kappa shape index (κ1) is 21.0.